The summed E-state index contributed by atoms with van der Waals surface area (Å²) in [5, 5.41) is 0. The SMILES string of the molecule is C/C=C\CN(Cc1ccccc1)Cc1ccccc1. The van der Waals surface area contributed by atoms with Crippen LogP contribution in [-0.2, 0) is 13.1 Å². The maximum atomic E-state index is 2.45. The maximum Gasteiger partial charge on any atom is 0.0240 e. The summed E-state index contributed by atoms with van der Waals surface area (Å²) in [5.41, 5.74) is 2.73. The van der Waals surface area contributed by atoms with Crippen molar-refractivity contribution in [2.24, 2.45) is 0 Å². The van der Waals surface area contributed by atoms with Gasteiger partial charge in [-0.25, -0.2) is 0 Å². The first-order valence-corrected chi connectivity index (χ1v) is 6.80. The van der Waals surface area contributed by atoms with Crippen molar-refractivity contribution in [2.45, 2.75) is 20.0 Å². The van der Waals surface area contributed by atoms with E-state index in [9.17, 15) is 0 Å². The molecule has 0 fully saturated rings. The molecular formula is C18H21N. The molecule has 0 amide bonds. The van der Waals surface area contributed by atoms with Crippen LogP contribution >= 0.6 is 0 Å². The van der Waals surface area contributed by atoms with Crippen LogP contribution in [-0.4, -0.2) is 11.4 Å². The second-order valence-electron chi connectivity index (χ2n) is 4.71. The third kappa shape index (κ3) is 4.72. The number of rotatable bonds is 6. The Bertz CT molecular complexity index is 446. The van der Waals surface area contributed by atoms with Gasteiger partial charge in [0.15, 0.2) is 0 Å². The summed E-state index contributed by atoms with van der Waals surface area (Å²) in [6.45, 7) is 5.03. The lowest BCUT2D eigenvalue weighted by atomic mass is 10.1. The average molecular weight is 251 g/mol. The van der Waals surface area contributed by atoms with Crippen LogP contribution in [0.5, 0.6) is 0 Å². The molecule has 1 heteroatoms. The van der Waals surface area contributed by atoms with Gasteiger partial charge >= 0.3 is 0 Å². The summed E-state index contributed by atoms with van der Waals surface area (Å²) in [4.78, 5) is 2.45. The van der Waals surface area contributed by atoms with Crippen LogP contribution in [0.4, 0.5) is 0 Å². The summed E-state index contributed by atoms with van der Waals surface area (Å²) in [6.07, 6.45) is 4.33. The Kier molecular flexibility index (Phi) is 5.39. The fourth-order valence-electron chi connectivity index (χ4n) is 2.12. The summed E-state index contributed by atoms with van der Waals surface area (Å²) < 4.78 is 0. The molecule has 19 heavy (non-hydrogen) atoms. The molecule has 1 nitrogen and oxygen atoms in total. The van der Waals surface area contributed by atoms with Gasteiger partial charge in [-0.3, -0.25) is 4.90 Å². The van der Waals surface area contributed by atoms with Crippen LogP contribution < -0.4 is 0 Å². The predicted octanol–water partition coefficient (Wildman–Crippen LogP) is 4.26. The molecule has 0 saturated heterocycles. The molecule has 0 bridgehead atoms. The van der Waals surface area contributed by atoms with Crippen molar-refractivity contribution in [1.29, 1.82) is 0 Å². The van der Waals surface area contributed by atoms with Crippen LogP contribution in [0.25, 0.3) is 0 Å². The largest absolute Gasteiger partial charge is 0.291 e. The number of benzene rings is 2. The predicted molar refractivity (Wildman–Crippen MR) is 81.8 cm³/mol. The van der Waals surface area contributed by atoms with Gasteiger partial charge in [0.25, 0.3) is 0 Å². The first-order valence-electron chi connectivity index (χ1n) is 6.80. The summed E-state index contributed by atoms with van der Waals surface area (Å²) in [7, 11) is 0. The highest BCUT2D eigenvalue weighted by atomic mass is 15.1. The van der Waals surface area contributed by atoms with Gasteiger partial charge in [0.2, 0.25) is 0 Å². The number of nitrogens with zero attached hydrogens (tertiary/aromatic N) is 1. The van der Waals surface area contributed by atoms with Crippen molar-refractivity contribution in [3.8, 4) is 0 Å². The second-order valence-corrected chi connectivity index (χ2v) is 4.71. The first kappa shape index (κ1) is 13.6. The zero-order valence-corrected chi connectivity index (χ0v) is 11.5. The monoisotopic (exact) mass is 251 g/mol. The molecule has 0 radical (unpaired) electrons. The number of allylic oxidation sites excluding steroid dienone is 1. The molecular weight excluding hydrogens is 230 g/mol. The van der Waals surface area contributed by atoms with Crippen LogP contribution in [0.1, 0.15) is 18.1 Å². The van der Waals surface area contributed by atoms with Gasteiger partial charge in [-0.15, -0.1) is 0 Å². The van der Waals surface area contributed by atoms with Crippen molar-refractivity contribution in [1.82, 2.24) is 4.90 Å². The fourth-order valence-corrected chi connectivity index (χ4v) is 2.12. The minimum absolute atomic E-state index is 0.986. The van der Waals surface area contributed by atoms with Crippen molar-refractivity contribution in [3.05, 3.63) is 83.9 Å². The van der Waals surface area contributed by atoms with Crippen molar-refractivity contribution in [3.63, 3.8) is 0 Å². The topological polar surface area (TPSA) is 3.24 Å². The minimum atomic E-state index is 0.986. The third-order valence-electron chi connectivity index (χ3n) is 3.10. The summed E-state index contributed by atoms with van der Waals surface area (Å²) >= 11 is 0. The quantitative estimate of drug-likeness (QED) is 0.693. The summed E-state index contributed by atoms with van der Waals surface area (Å²) in [6, 6.07) is 21.3. The Labute approximate surface area is 116 Å². The molecule has 2 rings (SSSR count). The molecule has 0 aliphatic carbocycles. The Morgan fingerprint density at radius 2 is 1.26 bits per heavy atom. The highest BCUT2D eigenvalue weighted by molar-refractivity contribution is 5.17. The van der Waals surface area contributed by atoms with Crippen LogP contribution in [0.2, 0.25) is 0 Å². The van der Waals surface area contributed by atoms with Crippen molar-refractivity contribution >= 4 is 0 Å². The fraction of sp³-hybridized carbons (Fsp3) is 0.222. The molecule has 98 valence electrons. The molecule has 0 aliphatic heterocycles. The highest BCUT2D eigenvalue weighted by Crippen LogP contribution is 2.09. The minimum Gasteiger partial charge on any atom is -0.291 e. The van der Waals surface area contributed by atoms with Gasteiger partial charge in [0, 0.05) is 19.6 Å². The van der Waals surface area contributed by atoms with Crippen LogP contribution in [0, 0.1) is 0 Å². The Morgan fingerprint density at radius 1 is 0.789 bits per heavy atom. The molecule has 0 unspecified atom stereocenters. The second kappa shape index (κ2) is 7.55. The molecule has 0 atom stereocenters. The average Bonchev–Trinajstić information content (AvgIpc) is 2.47. The lowest BCUT2D eigenvalue weighted by Crippen LogP contribution is -2.22. The Morgan fingerprint density at radius 3 is 1.68 bits per heavy atom. The van der Waals surface area contributed by atoms with E-state index in [1.165, 1.54) is 11.1 Å². The van der Waals surface area contributed by atoms with E-state index >= 15 is 0 Å². The van der Waals surface area contributed by atoms with Gasteiger partial charge in [-0.1, -0.05) is 72.8 Å². The van der Waals surface area contributed by atoms with Gasteiger partial charge in [-0.2, -0.15) is 0 Å². The van der Waals surface area contributed by atoms with Gasteiger partial charge in [0.1, 0.15) is 0 Å². The van der Waals surface area contributed by atoms with E-state index in [1.807, 2.05) is 0 Å². The van der Waals surface area contributed by atoms with Gasteiger partial charge in [0.05, 0.1) is 0 Å². The standard InChI is InChI=1S/C18H21N/c1-2-3-14-19(15-17-10-6-4-7-11-17)16-18-12-8-5-9-13-18/h2-13H,14-16H2,1H3/b3-2-. The molecule has 0 N–H and O–H groups in total. The van der Waals surface area contributed by atoms with E-state index in [0.717, 1.165) is 19.6 Å². The third-order valence-corrected chi connectivity index (χ3v) is 3.10. The van der Waals surface area contributed by atoms with E-state index in [-0.39, 0.29) is 0 Å². The van der Waals surface area contributed by atoms with E-state index in [2.05, 4.69) is 84.6 Å². The molecule has 0 aromatic heterocycles. The summed E-state index contributed by atoms with van der Waals surface area (Å²) in [5.74, 6) is 0. The first-order chi connectivity index (χ1) is 9.38. The highest BCUT2D eigenvalue weighted by Gasteiger charge is 2.05. The molecule has 0 aliphatic rings. The van der Waals surface area contributed by atoms with Crippen LogP contribution in [0.3, 0.4) is 0 Å². The molecule has 0 spiro atoms. The van der Waals surface area contributed by atoms with E-state index in [4.69, 9.17) is 0 Å². The van der Waals surface area contributed by atoms with Crippen molar-refractivity contribution in [2.75, 3.05) is 6.54 Å². The molecule has 0 saturated carbocycles. The Balaban J connectivity index is 2.03. The lowest BCUT2D eigenvalue weighted by Gasteiger charge is -2.21. The van der Waals surface area contributed by atoms with E-state index < -0.39 is 0 Å². The zero-order chi connectivity index (χ0) is 13.3. The van der Waals surface area contributed by atoms with Crippen molar-refractivity contribution < 1.29 is 0 Å². The lowest BCUT2D eigenvalue weighted by molar-refractivity contribution is 0.286. The molecule has 0 heterocycles. The number of hydrogen-bond acceptors (Lipinski definition) is 1. The molecule has 2 aromatic rings. The zero-order valence-electron chi connectivity index (χ0n) is 11.5. The Hall–Kier alpha value is -1.86. The van der Waals surface area contributed by atoms with Gasteiger partial charge in [-0.05, 0) is 18.1 Å². The normalized spacial score (nSPS) is 11.3. The van der Waals surface area contributed by atoms with E-state index in [1.54, 1.807) is 0 Å². The maximum absolute atomic E-state index is 2.45. The number of hydrogen-bond donors (Lipinski definition) is 0. The smallest absolute Gasteiger partial charge is 0.0240 e. The van der Waals surface area contributed by atoms with Gasteiger partial charge < -0.3 is 0 Å². The van der Waals surface area contributed by atoms with Crippen LogP contribution in [0.15, 0.2) is 72.8 Å². The molecule has 2 aromatic carbocycles. The van der Waals surface area contributed by atoms with E-state index in [0.29, 0.717) is 0 Å².